The Labute approximate surface area is 110 Å². The molecule has 0 saturated heterocycles. The molecular formula is C11H14N2O5S. The Bertz CT molecular complexity index is 618. The molecule has 1 aromatic carbocycles. The highest BCUT2D eigenvalue weighted by Crippen LogP contribution is 2.27. The normalized spacial score (nSPS) is 10.9. The van der Waals surface area contributed by atoms with Gasteiger partial charge in [0.2, 0.25) is 10.0 Å². The molecule has 8 heteroatoms. The van der Waals surface area contributed by atoms with Gasteiger partial charge in [0.05, 0.1) is 4.92 Å². The first-order chi connectivity index (χ1) is 8.71. The molecule has 0 bridgehead atoms. The van der Waals surface area contributed by atoms with Gasteiger partial charge in [-0.05, 0) is 26.0 Å². The van der Waals surface area contributed by atoms with E-state index in [1.54, 1.807) is 6.08 Å². The number of sulfonamides is 1. The maximum atomic E-state index is 11.4. The van der Waals surface area contributed by atoms with Crippen LogP contribution in [0.25, 0.3) is 0 Å². The molecule has 2 N–H and O–H groups in total. The number of rotatable bonds is 5. The highest BCUT2D eigenvalue weighted by Gasteiger charge is 2.19. The lowest BCUT2D eigenvalue weighted by molar-refractivity contribution is -0.385. The topological polar surface area (TPSA) is 113 Å². The minimum atomic E-state index is -4.09. The van der Waals surface area contributed by atoms with E-state index in [2.05, 4.69) is 0 Å². The Morgan fingerprint density at radius 1 is 1.47 bits per heavy atom. The summed E-state index contributed by atoms with van der Waals surface area (Å²) in [6, 6.07) is 3.26. The summed E-state index contributed by atoms with van der Waals surface area (Å²) in [4.78, 5) is 9.52. The number of nitrogens with two attached hydrogens (primary N) is 1. The molecule has 0 fully saturated rings. The Morgan fingerprint density at radius 3 is 2.58 bits per heavy atom. The summed E-state index contributed by atoms with van der Waals surface area (Å²) in [6.07, 6.45) is 1.74. The average Bonchev–Trinajstić information content (AvgIpc) is 2.27. The molecule has 1 rings (SSSR count). The van der Waals surface area contributed by atoms with E-state index in [1.807, 2.05) is 13.8 Å². The van der Waals surface area contributed by atoms with Crippen LogP contribution in [0.2, 0.25) is 0 Å². The van der Waals surface area contributed by atoms with E-state index >= 15 is 0 Å². The van der Waals surface area contributed by atoms with Crippen LogP contribution in [0.15, 0.2) is 34.7 Å². The second-order valence-corrected chi connectivity index (χ2v) is 5.56. The minimum Gasteiger partial charge on any atom is -0.488 e. The van der Waals surface area contributed by atoms with E-state index in [4.69, 9.17) is 9.88 Å². The Morgan fingerprint density at radius 2 is 2.11 bits per heavy atom. The number of non-ortho nitro benzene ring substituents is 1. The maximum Gasteiger partial charge on any atom is 0.271 e. The average molecular weight is 286 g/mol. The van der Waals surface area contributed by atoms with E-state index in [0.717, 1.165) is 17.7 Å². The van der Waals surface area contributed by atoms with Gasteiger partial charge in [-0.25, -0.2) is 13.6 Å². The molecule has 1 aromatic rings. The van der Waals surface area contributed by atoms with Gasteiger partial charge in [-0.1, -0.05) is 5.57 Å². The van der Waals surface area contributed by atoms with Crippen molar-refractivity contribution in [3.63, 3.8) is 0 Å². The lowest BCUT2D eigenvalue weighted by Gasteiger charge is -2.08. The lowest BCUT2D eigenvalue weighted by atomic mass is 10.3. The highest BCUT2D eigenvalue weighted by molar-refractivity contribution is 7.89. The molecule has 19 heavy (non-hydrogen) atoms. The molecular weight excluding hydrogens is 272 g/mol. The molecule has 7 nitrogen and oxygen atoms in total. The van der Waals surface area contributed by atoms with Gasteiger partial charge in [0.15, 0.2) is 0 Å². The number of benzene rings is 1. The van der Waals surface area contributed by atoms with E-state index in [9.17, 15) is 18.5 Å². The van der Waals surface area contributed by atoms with Gasteiger partial charge in [-0.3, -0.25) is 10.1 Å². The molecule has 104 valence electrons. The number of hydrogen-bond acceptors (Lipinski definition) is 5. The summed E-state index contributed by atoms with van der Waals surface area (Å²) in [6.45, 7) is 3.88. The fraction of sp³-hybridized carbons (Fsp3) is 0.273. The van der Waals surface area contributed by atoms with Crippen LogP contribution < -0.4 is 9.88 Å². The standard InChI is InChI=1S/C11H14N2O5S/c1-8(2)5-6-18-10-4-3-9(13(14)15)7-11(10)19(12,16)17/h3-5,7H,6H2,1-2H3,(H2,12,16,17). The summed E-state index contributed by atoms with van der Waals surface area (Å²) in [5.41, 5.74) is 0.637. The zero-order chi connectivity index (χ0) is 14.6. The first-order valence-corrected chi connectivity index (χ1v) is 6.84. The van der Waals surface area contributed by atoms with Gasteiger partial charge < -0.3 is 4.74 Å². The van der Waals surface area contributed by atoms with Crippen LogP contribution in [0.3, 0.4) is 0 Å². The summed E-state index contributed by atoms with van der Waals surface area (Å²) in [7, 11) is -4.09. The second-order valence-electron chi connectivity index (χ2n) is 4.03. The van der Waals surface area contributed by atoms with E-state index in [-0.39, 0.29) is 18.0 Å². The molecule has 0 spiro atoms. The number of nitrogens with zero attached hydrogens (tertiary/aromatic N) is 1. The number of ether oxygens (including phenoxy) is 1. The van der Waals surface area contributed by atoms with Crippen LogP contribution in [0.5, 0.6) is 5.75 Å². The van der Waals surface area contributed by atoms with Crippen molar-refractivity contribution < 1.29 is 18.1 Å². The maximum absolute atomic E-state index is 11.4. The Kier molecular flexibility index (Phi) is 4.62. The molecule has 0 aliphatic carbocycles. The number of hydrogen-bond donors (Lipinski definition) is 1. The number of primary sulfonamides is 1. The molecule has 0 unspecified atom stereocenters. The predicted octanol–water partition coefficient (Wildman–Crippen LogP) is 1.59. The van der Waals surface area contributed by atoms with E-state index in [0.29, 0.717) is 0 Å². The van der Waals surface area contributed by atoms with E-state index in [1.165, 1.54) is 6.07 Å². The molecule has 0 radical (unpaired) electrons. The van der Waals surface area contributed by atoms with Crippen LogP contribution >= 0.6 is 0 Å². The van der Waals surface area contributed by atoms with Gasteiger partial charge >= 0.3 is 0 Å². The minimum absolute atomic E-state index is 0.00870. The summed E-state index contributed by atoms with van der Waals surface area (Å²) in [5, 5.41) is 15.6. The monoisotopic (exact) mass is 286 g/mol. The summed E-state index contributed by atoms with van der Waals surface area (Å²) < 4.78 is 28.0. The number of allylic oxidation sites excluding steroid dienone is 1. The quantitative estimate of drug-likeness (QED) is 0.501. The van der Waals surface area contributed by atoms with Gasteiger partial charge in [-0.2, -0.15) is 0 Å². The Balaban J connectivity index is 3.17. The van der Waals surface area contributed by atoms with Crippen LogP contribution in [0, 0.1) is 10.1 Å². The van der Waals surface area contributed by atoms with Crippen molar-refractivity contribution in [3.8, 4) is 5.75 Å². The molecule has 0 saturated carbocycles. The molecule has 0 heterocycles. The van der Waals surface area contributed by atoms with Crippen molar-refractivity contribution in [2.45, 2.75) is 18.7 Å². The SMILES string of the molecule is CC(C)=CCOc1ccc([N+](=O)[O-])cc1S(N)(=O)=O. The molecule has 0 aliphatic rings. The van der Waals surface area contributed by atoms with Crippen LogP contribution in [0.4, 0.5) is 5.69 Å². The third-order valence-electron chi connectivity index (χ3n) is 2.18. The van der Waals surface area contributed by atoms with Crippen molar-refractivity contribution in [1.29, 1.82) is 0 Å². The van der Waals surface area contributed by atoms with Crippen LogP contribution in [-0.2, 0) is 10.0 Å². The van der Waals surface area contributed by atoms with Crippen molar-refractivity contribution in [2.75, 3.05) is 6.61 Å². The highest BCUT2D eigenvalue weighted by atomic mass is 32.2. The zero-order valence-corrected chi connectivity index (χ0v) is 11.3. The summed E-state index contributed by atoms with van der Waals surface area (Å²) >= 11 is 0. The van der Waals surface area contributed by atoms with Gasteiger partial charge in [0.1, 0.15) is 17.3 Å². The predicted molar refractivity (Wildman–Crippen MR) is 69.4 cm³/mol. The molecule has 0 atom stereocenters. The van der Waals surface area contributed by atoms with Crippen molar-refractivity contribution in [2.24, 2.45) is 5.14 Å². The Hall–Kier alpha value is -1.93. The van der Waals surface area contributed by atoms with Gasteiger partial charge in [0.25, 0.3) is 5.69 Å². The van der Waals surface area contributed by atoms with Gasteiger partial charge in [-0.15, -0.1) is 0 Å². The largest absolute Gasteiger partial charge is 0.488 e. The van der Waals surface area contributed by atoms with Crippen molar-refractivity contribution >= 4 is 15.7 Å². The molecule has 0 amide bonds. The summed E-state index contributed by atoms with van der Waals surface area (Å²) in [5.74, 6) is -0.00870. The van der Waals surface area contributed by atoms with E-state index < -0.39 is 19.8 Å². The zero-order valence-electron chi connectivity index (χ0n) is 10.5. The second kappa shape index (κ2) is 5.81. The first-order valence-electron chi connectivity index (χ1n) is 5.29. The molecule has 0 aromatic heterocycles. The van der Waals surface area contributed by atoms with Crippen molar-refractivity contribution in [3.05, 3.63) is 40.0 Å². The molecule has 0 aliphatic heterocycles. The third-order valence-corrected chi connectivity index (χ3v) is 3.11. The third kappa shape index (κ3) is 4.34. The van der Waals surface area contributed by atoms with Crippen LogP contribution in [-0.4, -0.2) is 19.9 Å². The van der Waals surface area contributed by atoms with Gasteiger partial charge in [0, 0.05) is 12.1 Å². The fourth-order valence-electron chi connectivity index (χ4n) is 1.25. The first kappa shape index (κ1) is 15.1. The number of nitro benzene ring substituents is 1. The van der Waals surface area contributed by atoms with Crippen molar-refractivity contribution in [1.82, 2.24) is 0 Å². The number of nitro groups is 1. The fourth-order valence-corrected chi connectivity index (χ4v) is 1.94. The van der Waals surface area contributed by atoms with Crippen LogP contribution in [0.1, 0.15) is 13.8 Å². The smallest absolute Gasteiger partial charge is 0.271 e. The lowest BCUT2D eigenvalue weighted by Crippen LogP contribution is -2.14.